The number of carbonyl (C=O) groups excluding carboxylic acids is 1. The van der Waals surface area contributed by atoms with E-state index in [4.69, 9.17) is 22.1 Å². The zero-order valence-electron chi connectivity index (χ0n) is 15.9. The van der Waals surface area contributed by atoms with E-state index >= 15 is 0 Å². The summed E-state index contributed by atoms with van der Waals surface area (Å²) in [7, 11) is 0. The normalized spacial score (nSPS) is 16.0. The fourth-order valence-electron chi connectivity index (χ4n) is 3.11. The van der Waals surface area contributed by atoms with E-state index in [-0.39, 0.29) is 5.91 Å². The number of amides is 1. The molecule has 0 aliphatic carbocycles. The lowest BCUT2D eigenvalue weighted by atomic mass is 10.0. The summed E-state index contributed by atoms with van der Waals surface area (Å²) in [6.45, 7) is 8.10. The number of rotatable bonds is 3. The monoisotopic (exact) mass is 395 g/mol. The van der Waals surface area contributed by atoms with Crippen molar-refractivity contribution < 1.29 is 9.53 Å². The van der Waals surface area contributed by atoms with E-state index in [9.17, 15) is 4.79 Å². The molecule has 0 bridgehead atoms. The van der Waals surface area contributed by atoms with Gasteiger partial charge >= 0.3 is 0 Å². The van der Waals surface area contributed by atoms with E-state index in [1.807, 2.05) is 44.2 Å². The van der Waals surface area contributed by atoms with Gasteiger partial charge in [0.25, 0.3) is 5.91 Å². The van der Waals surface area contributed by atoms with Crippen LogP contribution in [0.25, 0.3) is 11.1 Å². The van der Waals surface area contributed by atoms with Crippen molar-refractivity contribution in [1.82, 2.24) is 0 Å². The maximum absolute atomic E-state index is 13.2. The Labute approximate surface area is 169 Å². The first kappa shape index (κ1) is 19.7. The molecule has 2 aromatic carbocycles. The predicted octanol–water partition coefficient (Wildman–Crippen LogP) is 4.83. The highest BCUT2D eigenvalue weighted by molar-refractivity contribution is 6.31. The highest BCUT2D eigenvalue weighted by atomic mass is 35.5. The molecule has 3 rings (SSSR count). The van der Waals surface area contributed by atoms with Crippen LogP contribution < -0.4 is 10.6 Å². The van der Waals surface area contributed by atoms with Crippen LogP contribution in [0.2, 0.25) is 5.02 Å². The van der Waals surface area contributed by atoms with Gasteiger partial charge in [-0.2, -0.15) is 0 Å². The second-order valence-electron chi connectivity index (χ2n) is 6.58. The number of allylic oxidation sites excluding steroid dienone is 1. The number of carbonyl (C=O) groups is 1. The summed E-state index contributed by atoms with van der Waals surface area (Å²) >= 11 is 5.98. The van der Waals surface area contributed by atoms with Crippen molar-refractivity contribution in [2.45, 2.75) is 13.8 Å². The number of halogens is 1. The third kappa shape index (κ3) is 3.94. The van der Waals surface area contributed by atoms with Gasteiger partial charge in [0.1, 0.15) is 12.2 Å². The lowest BCUT2D eigenvalue weighted by molar-refractivity contribution is -0.114. The largest absolute Gasteiger partial charge is 0.475 e. The molecule has 0 radical (unpaired) electrons. The summed E-state index contributed by atoms with van der Waals surface area (Å²) in [6.07, 6.45) is 1.38. The SMILES string of the molecule is C=CN=C1OCCN(c2ccc(-c3ccc(Cl)cc3N)cc2)C(=O)C1=C(C)C. The topological polar surface area (TPSA) is 67.9 Å². The van der Waals surface area contributed by atoms with Gasteiger partial charge in [0.15, 0.2) is 0 Å². The van der Waals surface area contributed by atoms with Crippen molar-refractivity contribution in [2.24, 2.45) is 4.99 Å². The van der Waals surface area contributed by atoms with Crippen LogP contribution in [0.5, 0.6) is 0 Å². The number of aliphatic imine (C=N–C) groups is 1. The van der Waals surface area contributed by atoms with Crippen LogP contribution in [0.15, 0.2) is 71.4 Å². The molecule has 0 spiro atoms. The molecule has 0 saturated carbocycles. The number of hydrogen-bond donors (Lipinski definition) is 1. The Morgan fingerprint density at radius 1 is 1.25 bits per heavy atom. The maximum Gasteiger partial charge on any atom is 0.263 e. The summed E-state index contributed by atoms with van der Waals surface area (Å²) in [5.74, 6) is 0.171. The van der Waals surface area contributed by atoms with Gasteiger partial charge in [-0.3, -0.25) is 4.79 Å². The van der Waals surface area contributed by atoms with E-state index in [0.29, 0.717) is 35.3 Å². The van der Waals surface area contributed by atoms with Crippen LogP contribution in [-0.4, -0.2) is 25.0 Å². The van der Waals surface area contributed by atoms with E-state index in [0.717, 1.165) is 22.4 Å². The average molecular weight is 396 g/mol. The molecule has 0 aromatic heterocycles. The van der Waals surface area contributed by atoms with Crippen LogP contribution in [-0.2, 0) is 9.53 Å². The van der Waals surface area contributed by atoms with Crippen LogP contribution in [0.3, 0.4) is 0 Å². The number of nitrogens with zero attached hydrogens (tertiary/aromatic N) is 2. The number of ether oxygens (including phenoxy) is 1. The smallest absolute Gasteiger partial charge is 0.263 e. The summed E-state index contributed by atoms with van der Waals surface area (Å²) in [5, 5.41) is 0.597. The first-order chi connectivity index (χ1) is 13.4. The number of nitrogens with two attached hydrogens (primary N) is 1. The van der Waals surface area contributed by atoms with E-state index < -0.39 is 0 Å². The molecule has 2 aromatic rings. The highest BCUT2D eigenvalue weighted by Gasteiger charge is 2.29. The van der Waals surface area contributed by atoms with Crippen molar-refractivity contribution in [2.75, 3.05) is 23.8 Å². The van der Waals surface area contributed by atoms with Crippen LogP contribution in [0.1, 0.15) is 13.8 Å². The fraction of sp³-hybridized carbons (Fsp3) is 0.182. The van der Waals surface area contributed by atoms with E-state index in [1.165, 1.54) is 6.20 Å². The molecular formula is C22H22ClN3O2. The Kier molecular flexibility index (Phi) is 5.85. The van der Waals surface area contributed by atoms with Crippen molar-refractivity contribution in [3.05, 3.63) is 71.4 Å². The van der Waals surface area contributed by atoms with Crippen molar-refractivity contribution >= 4 is 34.8 Å². The molecule has 0 unspecified atom stereocenters. The number of benzene rings is 2. The Hall–Kier alpha value is -3.05. The third-order valence-corrected chi connectivity index (χ3v) is 4.67. The molecule has 144 valence electrons. The summed E-state index contributed by atoms with van der Waals surface area (Å²) in [5.41, 5.74) is 10.6. The minimum atomic E-state index is -0.142. The molecule has 5 nitrogen and oxygen atoms in total. The molecule has 1 aliphatic heterocycles. The first-order valence-corrected chi connectivity index (χ1v) is 9.27. The van der Waals surface area contributed by atoms with Gasteiger partial charge in [0.05, 0.1) is 6.54 Å². The third-order valence-electron chi connectivity index (χ3n) is 4.44. The molecule has 1 aliphatic rings. The van der Waals surface area contributed by atoms with Crippen molar-refractivity contribution in [3.63, 3.8) is 0 Å². The molecule has 1 saturated heterocycles. The van der Waals surface area contributed by atoms with Gasteiger partial charge < -0.3 is 15.4 Å². The Morgan fingerprint density at radius 2 is 1.96 bits per heavy atom. The summed E-state index contributed by atoms with van der Waals surface area (Å²) < 4.78 is 5.69. The van der Waals surface area contributed by atoms with Gasteiger partial charge in [-0.05, 0) is 43.7 Å². The number of hydrogen-bond acceptors (Lipinski definition) is 4. The molecule has 2 N–H and O–H groups in total. The average Bonchev–Trinajstić information content (AvgIpc) is 2.81. The van der Waals surface area contributed by atoms with E-state index in [2.05, 4.69) is 11.6 Å². The van der Waals surface area contributed by atoms with Crippen LogP contribution in [0.4, 0.5) is 11.4 Å². The van der Waals surface area contributed by atoms with E-state index in [1.54, 1.807) is 17.0 Å². The fourth-order valence-corrected chi connectivity index (χ4v) is 3.29. The molecule has 28 heavy (non-hydrogen) atoms. The van der Waals surface area contributed by atoms with Gasteiger partial charge in [0.2, 0.25) is 5.90 Å². The zero-order valence-corrected chi connectivity index (χ0v) is 16.7. The van der Waals surface area contributed by atoms with Crippen LogP contribution in [0, 0.1) is 0 Å². The molecule has 1 amide bonds. The standard InChI is InChI=1S/C22H22ClN3O2/c1-4-25-21-20(14(2)3)22(27)26(11-12-28-21)17-8-5-15(6-9-17)18-10-7-16(23)13-19(18)24/h4-10,13H,1,11-12,24H2,2-3H3. The van der Waals surface area contributed by atoms with Crippen LogP contribution >= 0.6 is 11.6 Å². The lowest BCUT2D eigenvalue weighted by Crippen LogP contribution is -2.33. The lowest BCUT2D eigenvalue weighted by Gasteiger charge is -2.21. The van der Waals surface area contributed by atoms with Crippen molar-refractivity contribution in [3.8, 4) is 11.1 Å². The quantitative estimate of drug-likeness (QED) is 0.597. The highest BCUT2D eigenvalue weighted by Crippen LogP contribution is 2.30. The Morgan fingerprint density at radius 3 is 2.57 bits per heavy atom. The Bertz CT molecular complexity index is 974. The second-order valence-corrected chi connectivity index (χ2v) is 7.01. The van der Waals surface area contributed by atoms with Gasteiger partial charge in [0, 0.05) is 28.2 Å². The zero-order chi connectivity index (χ0) is 20.3. The second kappa shape index (κ2) is 8.31. The minimum absolute atomic E-state index is 0.142. The first-order valence-electron chi connectivity index (χ1n) is 8.89. The number of anilines is 2. The molecule has 6 heteroatoms. The molecular weight excluding hydrogens is 374 g/mol. The molecule has 1 heterocycles. The van der Waals surface area contributed by atoms with Gasteiger partial charge in [-0.15, -0.1) is 0 Å². The Balaban J connectivity index is 1.95. The summed E-state index contributed by atoms with van der Waals surface area (Å²) in [4.78, 5) is 19.0. The maximum atomic E-state index is 13.2. The predicted molar refractivity (Wildman–Crippen MR) is 116 cm³/mol. The van der Waals surface area contributed by atoms with Gasteiger partial charge in [-0.1, -0.05) is 42.0 Å². The summed E-state index contributed by atoms with van der Waals surface area (Å²) in [6, 6.07) is 13.1. The minimum Gasteiger partial charge on any atom is -0.475 e. The number of nitrogen functional groups attached to an aromatic ring is 1. The van der Waals surface area contributed by atoms with Crippen molar-refractivity contribution in [1.29, 1.82) is 0 Å². The molecule has 0 atom stereocenters. The van der Waals surface area contributed by atoms with Gasteiger partial charge in [-0.25, -0.2) is 4.99 Å². The molecule has 1 fully saturated rings.